The molecule has 56 heavy (non-hydrogen) atoms. The highest BCUT2D eigenvalue weighted by atomic mass is 15.1. The summed E-state index contributed by atoms with van der Waals surface area (Å²) in [7, 11) is 3.90. The Morgan fingerprint density at radius 2 is 1.27 bits per heavy atom. The van der Waals surface area contributed by atoms with Crippen molar-refractivity contribution >= 4 is 72.9 Å². The van der Waals surface area contributed by atoms with Crippen LogP contribution in [-0.4, -0.2) is 27.5 Å². The van der Waals surface area contributed by atoms with Gasteiger partial charge in [-0.3, -0.25) is 14.1 Å². The smallest absolute Gasteiger partial charge is 0.122 e. The monoisotopic (exact) mass is 728 g/mol. The summed E-state index contributed by atoms with van der Waals surface area (Å²) in [5.41, 5.74) is 11.4. The number of benzene rings is 6. The van der Waals surface area contributed by atoms with Gasteiger partial charge in [-0.25, -0.2) is 0 Å². The van der Waals surface area contributed by atoms with Gasteiger partial charge in [0, 0.05) is 63.3 Å². The van der Waals surface area contributed by atoms with E-state index in [1.54, 1.807) is 0 Å². The Morgan fingerprint density at radius 3 is 1.93 bits per heavy atom. The molecule has 0 spiro atoms. The minimum absolute atomic E-state index is 0.0471. The number of anilines is 1. The molecule has 0 aliphatic rings. The molecule has 1 atom stereocenters. The van der Waals surface area contributed by atoms with Gasteiger partial charge in [-0.05, 0) is 72.8 Å². The first kappa shape index (κ1) is 34.9. The third-order valence-electron chi connectivity index (χ3n) is 10.9. The van der Waals surface area contributed by atoms with Gasteiger partial charge in [0.15, 0.2) is 0 Å². The van der Waals surface area contributed by atoms with Gasteiger partial charge < -0.3 is 15.2 Å². The van der Waals surface area contributed by atoms with Gasteiger partial charge in [0.2, 0.25) is 0 Å². The van der Waals surface area contributed by atoms with Crippen LogP contribution in [-0.2, 0) is 6.54 Å². The van der Waals surface area contributed by atoms with Crippen molar-refractivity contribution in [3.8, 4) is 5.69 Å². The lowest BCUT2D eigenvalue weighted by atomic mass is 10.1. The number of allylic oxidation sites excluding steroid dienone is 1. The summed E-state index contributed by atoms with van der Waals surface area (Å²) in [5, 5.41) is 17.0. The Balaban J connectivity index is 0.000000459. The predicted molar refractivity (Wildman–Crippen MR) is 238 cm³/mol. The maximum atomic E-state index is 4.87. The summed E-state index contributed by atoms with van der Waals surface area (Å²) in [5.74, 6) is 0. The average molecular weight is 729 g/mol. The van der Waals surface area contributed by atoms with Crippen molar-refractivity contribution in [2.45, 2.75) is 12.7 Å². The fourth-order valence-corrected chi connectivity index (χ4v) is 8.35. The Labute approximate surface area is 325 Å². The first-order valence-corrected chi connectivity index (χ1v) is 19.1. The summed E-state index contributed by atoms with van der Waals surface area (Å²) in [4.78, 5) is 0. The molecule has 6 nitrogen and oxygen atoms in total. The molecule has 1 unspecified atom stereocenters. The minimum atomic E-state index is 0.0471. The molecule has 6 heteroatoms. The molecule has 4 heterocycles. The van der Waals surface area contributed by atoms with Gasteiger partial charge in [0.05, 0.1) is 33.7 Å². The Bertz CT molecular complexity index is 3150. The molecule has 10 rings (SSSR count). The lowest BCUT2D eigenvalue weighted by Gasteiger charge is -2.19. The lowest BCUT2D eigenvalue weighted by molar-refractivity contribution is 0.473. The maximum Gasteiger partial charge on any atom is 0.122 e. The third kappa shape index (κ3) is 5.84. The van der Waals surface area contributed by atoms with E-state index in [0.29, 0.717) is 6.54 Å². The molecule has 0 radical (unpaired) electrons. The van der Waals surface area contributed by atoms with E-state index in [1.807, 2.05) is 50.5 Å². The van der Waals surface area contributed by atoms with Crippen molar-refractivity contribution in [1.29, 1.82) is 0 Å². The maximum absolute atomic E-state index is 4.87. The van der Waals surface area contributed by atoms with Crippen molar-refractivity contribution in [2.75, 3.05) is 19.4 Å². The van der Waals surface area contributed by atoms with Crippen LogP contribution in [0.1, 0.15) is 17.3 Å². The van der Waals surface area contributed by atoms with E-state index in [-0.39, 0.29) is 6.17 Å². The van der Waals surface area contributed by atoms with Gasteiger partial charge in [-0.1, -0.05) is 122 Å². The number of para-hydroxylation sites is 3. The number of aromatic nitrogens is 3. The highest BCUT2D eigenvalue weighted by Gasteiger charge is 2.20. The largest absolute Gasteiger partial charge is 0.388 e. The number of rotatable bonds is 8. The van der Waals surface area contributed by atoms with Crippen LogP contribution in [0.5, 0.6) is 0 Å². The van der Waals surface area contributed by atoms with E-state index < -0.39 is 0 Å². The normalized spacial score (nSPS) is 12.5. The van der Waals surface area contributed by atoms with E-state index in [9.17, 15) is 0 Å². The first-order valence-electron chi connectivity index (χ1n) is 19.1. The SMILES string of the molecule is C=C/C=c1/n2c3ccccc3c3ccn(-c4cccc(CNC(NC)c5ccccc5)c4)c4ccc5c6ccccc6n1c5c4c(=C)c32.CNc1ccccc1. The third-order valence-corrected chi connectivity index (χ3v) is 10.9. The van der Waals surface area contributed by atoms with Crippen LogP contribution < -0.4 is 26.6 Å². The standard InChI is InChI=1S/C43H35N5.C7H9N/c1-4-13-39-47-36-20-10-9-19-33(36)35-24-25-46(31-17-12-14-29(26-31)27-45-43(44-3)30-15-6-5-7-16-30)38-23-22-34-32-18-8-11-21-37(32)48(39)42(34)40(38)28(2)41(35)47;1-8-7-5-3-2-4-6-7/h4-26,43-45H,1-2,27H2,3H3;2-6,8H,1H3/b25-24?,39-13-;. The van der Waals surface area contributed by atoms with E-state index in [0.717, 1.165) is 60.4 Å². The van der Waals surface area contributed by atoms with Crippen LogP contribution in [0.15, 0.2) is 171 Å². The Kier molecular flexibility index (Phi) is 9.19. The van der Waals surface area contributed by atoms with Gasteiger partial charge in [-0.15, -0.1) is 0 Å². The number of nitrogens with zero attached hydrogens (tertiary/aromatic N) is 3. The van der Waals surface area contributed by atoms with Gasteiger partial charge >= 0.3 is 0 Å². The zero-order valence-electron chi connectivity index (χ0n) is 31.7. The van der Waals surface area contributed by atoms with E-state index in [2.05, 4.69) is 169 Å². The number of fused-ring (bicyclic) bond motifs is 6. The van der Waals surface area contributed by atoms with Crippen molar-refractivity contribution in [3.05, 3.63) is 192 Å². The molecular weight excluding hydrogens is 685 g/mol. The van der Waals surface area contributed by atoms with Gasteiger partial charge in [0.25, 0.3) is 0 Å². The van der Waals surface area contributed by atoms with Crippen LogP contribution in [0, 0.1) is 0 Å². The van der Waals surface area contributed by atoms with Crippen LogP contribution in [0.2, 0.25) is 0 Å². The van der Waals surface area contributed by atoms with Crippen molar-refractivity contribution in [3.63, 3.8) is 0 Å². The van der Waals surface area contributed by atoms with E-state index >= 15 is 0 Å². The molecule has 2 bridgehead atoms. The summed E-state index contributed by atoms with van der Waals surface area (Å²) >= 11 is 0. The summed E-state index contributed by atoms with van der Waals surface area (Å²) in [6.45, 7) is 9.74. The molecule has 10 aromatic rings. The predicted octanol–water partition coefficient (Wildman–Crippen LogP) is 9.71. The molecule has 3 N–H and O–H groups in total. The molecular formula is C50H44N6. The zero-order chi connectivity index (χ0) is 38.2. The molecule has 0 saturated heterocycles. The average Bonchev–Trinajstić information content (AvgIpc) is 3.72. The quantitative estimate of drug-likeness (QED) is 0.137. The van der Waals surface area contributed by atoms with Crippen LogP contribution in [0.4, 0.5) is 5.69 Å². The van der Waals surface area contributed by atoms with Crippen LogP contribution in [0.3, 0.4) is 0 Å². The zero-order valence-corrected chi connectivity index (χ0v) is 31.7. The highest BCUT2D eigenvalue weighted by molar-refractivity contribution is 6.19. The van der Waals surface area contributed by atoms with E-state index in [4.69, 9.17) is 6.58 Å². The number of nitrogens with one attached hydrogen (secondary N) is 3. The second kappa shape index (κ2) is 14.8. The first-order chi connectivity index (χ1) is 27.6. The van der Waals surface area contributed by atoms with Crippen molar-refractivity contribution < 1.29 is 0 Å². The Morgan fingerprint density at radius 1 is 0.625 bits per heavy atom. The molecule has 6 aromatic carbocycles. The van der Waals surface area contributed by atoms with E-state index in [1.165, 1.54) is 27.3 Å². The van der Waals surface area contributed by atoms with Crippen molar-refractivity contribution in [2.24, 2.45) is 0 Å². The molecule has 0 aliphatic carbocycles. The summed E-state index contributed by atoms with van der Waals surface area (Å²) in [6.07, 6.45) is 6.30. The molecule has 0 saturated carbocycles. The summed E-state index contributed by atoms with van der Waals surface area (Å²) in [6, 6.07) is 53.5. The molecule has 0 aliphatic heterocycles. The summed E-state index contributed by atoms with van der Waals surface area (Å²) < 4.78 is 7.12. The second-order valence-corrected chi connectivity index (χ2v) is 14.0. The van der Waals surface area contributed by atoms with Gasteiger partial charge in [0.1, 0.15) is 5.48 Å². The second-order valence-electron chi connectivity index (χ2n) is 14.0. The molecule has 274 valence electrons. The minimum Gasteiger partial charge on any atom is -0.388 e. The topological polar surface area (TPSA) is 49.8 Å². The lowest BCUT2D eigenvalue weighted by Crippen LogP contribution is -2.31. The fourth-order valence-electron chi connectivity index (χ4n) is 8.35. The Hall–Kier alpha value is -6.86. The van der Waals surface area contributed by atoms with Crippen LogP contribution in [0.25, 0.3) is 72.9 Å². The molecule has 0 fully saturated rings. The highest BCUT2D eigenvalue weighted by Crippen LogP contribution is 2.34. The molecule has 0 amide bonds. The van der Waals surface area contributed by atoms with Crippen LogP contribution >= 0.6 is 0 Å². The van der Waals surface area contributed by atoms with Crippen molar-refractivity contribution in [1.82, 2.24) is 24.0 Å². The number of hydrogen-bond donors (Lipinski definition) is 3. The van der Waals surface area contributed by atoms with Gasteiger partial charge in [-0.2, -0.15) is 0 Å². The molecule has 4 aromatic heterocycles. The fraction of sp³-hybridized carbons (Fsp3) is 0.0800. The number of hydrogen-bond acceptors (Lipinski definition) is 3.